The largest absolute Gasteiger partial charge is 0.354 e. The molecule has 8 nitrogen and oxygen atoms in total. The minimum absolute atomic E-state index is 0.195. The van der Waals surface area contributed by atoms with Crippen LogP contribution in [0.15, 0.2) is 30.7 Å². The highest BCUT2D eigenvalue weighted by Gasteiger charge is 2.18. The molecule has 1 aliphatic rings. The van der Waals surface area contributed by atoms with Crippen LogP contribution in [0.3, 0.4) is 0 Å². The van der Waals surface area contributed by atoms with Crippen LogP contribution >= 0.6 is 0 Å². The molecule has 0 spiro atoms. The lowest BCUT2D eigenvalue weighted by molar-refractivity contribution is 0.0950. The predicted octanol–water partition coefficient (Wildman–Crippen LogP) is 1.37. The molecular weight excluding hydrogens is 342 g/mol. The van der Waals surface area contributed by atoms with E-state index in [1.54, 1.807) is 6.20 Å². The van der Waals surface area contributed by atoms with Crippen LogP contribution in [0.1, 0.15) is 29.8 Å². The Morgan fingerprint density at radius 2 is 1.85 bits per heavy atom. The number of nitrogens with one attached hydrogen (secondary N) is 2. The van der Waals surface area contributed by atoms with Crippen molar-refractivity contribution in [1.29, 1.82) is 0 Å². The van der Waals surface area contributed by atoms with Crippen LogP contribution in [0.2, 0.25) is 0 Å². The topological polar surface area (TPSA) is 86.3 Å². The average molecular weight is 369 g/mol. The fourth-order valence-corrected chi connectivity index (χ4v) is 2.93. The number of hydrogen-bond donors (Lipinski definition) is 2. The minimum atomic E-state index is -0.195. The molecule has 1 amide bonds. The van der Waals surface area contributed by atoms with Crippen LogP contribution in [0, 0.1) is 0 Å². The van der Waals surface area contributed by atoms with Gasteiger partial charge in [-0.1, -0.05) is 6.07 Å². The third kappa shape index (κ3) is 5.13. The van der Waals surface area contributed by atoms with Crippen molar-refractivity contribution in [3.8, 4) is 0 Å². The number of carbonyl (C=O) groups excluding carboxylic acids is 1. The van der Waals surface area contributed by atoms with Gasteiger partial charge in [-0.3, -0.25) is 4.79 Å². The van der Waals surface area contributed by atoms with Gasteiger partial charge in [-0.05, 0) is 27.0 Å². The highest BCUT2D eigenvalue weighted by molar-refractivity contribution is 5.93. The first kappa shape index (κ1) is 19.0. The summed E-state index contributed by atoms with van der Waals surface area (Å²) in [6, 6.07) is 4.15. The number of amides is 1. The summed E-state index contributed by atoms with van der Waals surface area (Å²) in [5.74, 6) is 1.27. The summed E-state index contributed by atoms with van der Waals surface area (Å²) in [7, 11) is 2.13. The van der Waals surface area contributed by atoms with Crippen molar-refractivity contribution in [3.05, 3.63) is 41.9 Å². The van der Waals surface area contributed by atoms with Crippen LogP contribution in [-0.2, 0) is 6.54 Å². The molecule has 0 bridgehead atoms. The first-order valence-electron chi connectivity index (χ1n) is 9.27. The van der Waals surface area contributed by atoms with Gasteiger partial charge >= 0.3 is 0 Å². The summed E-state index contributed by atoms with van der Waals surface area (Å²) >= 11 is 0. The third-order valence-electron chi connectivity index (χ3n) is 4.44. The van der Waals surface area contributed by atoms with Crippen LogP contribution in [-0.4, -0.2) is 65.0 Å². The smallest absolute Gasteiger partial charge is 0.254 e. The number of likely N-dealkylation sites (N-methyl/N-ethyl adjacent to an activating group) is 1. The SMILES string of the molecule is CC(C)Nc1ncc(C(=O)NCc2cccnc2N2CCN(C)CC2)cn1. The number of rotatable bonds is 6. The Labute approximate surface area is 160 Å². The molecule has 1 fully saturated rings. The quantitative estimate of drug-likeness (QED) is 0.795. The number of carbonyl (C=O) groups is 1. The zero-order chi connectivity index (χ0) is 19.2. The molecular formula is C19H27N7O. The summed E-state index contributed by atoms with van der Waals surface area (Å²) in [6.45, 7) is 8.33. The molecule has 1 saturated heterocycles. The number of piperazine rings is 1. The van der Waals surface area contributed by atoms with Crippen molar-refractivity contribution in [2.75, 3.05) is 43.4 Å². The molecule has 0 aliphatic carbocycles. The Hall–Kier alpha value is -2.74. The van der Waals surface area contributed by atoms with Gasteiger partial charge in [-0.15, -0.1) is 0 Å². The summed E-state index contributed by atoms with van der Waals surface area (Å²) in [6.07, 6.45) is 4.88. The Balaban J connectivity index is 1.62. The second kappa shape index (κ2) is 8.77. The molecule has 27 heavy (non-hydrogen) atoms. The maximum atomic E-state index is 12.4. The van der Waals surface area contributed by atoms with Gasteiger partial charge in [-0.25, -0.2) is 15.0 Å². The van der Waals surface area contributed by atoms with Gasteiger partial charge in [0.05, 0.1) is 5.56 Å². The highest BCUT2D eigenvalue weighted by atomic mass is 16.1. The molecule has 0 atom stereocenters. The minimum Gasteiger partial charge on any atom is -0.354 e. The molecule has 0 aromatic carbocycles. The van der Waals surface area contributed by atoms with E-state index < -0.39 is 0 Å². The molecule has 1 aliphatic heterocycles. The van der Waals surface area contributed by atoms with E-state index in [0.717, 1.165) is 37.6 Å². The number of anilines is 2. The molecule has 3 heterocycles. The normalized spacial score (nSPS) is 15.0. The lowest BCUT2D eigenvalue weighted by Crippen LogP contribution is -2.45. The second-order valence-corrected chi connectivity index (χ2v) is 7.05. The second-order valence-electron chi connectivity index (χ2n) is 7.05. The van der Waals surface area contributed by atoms with Gasteiger partial charge < -0.3 is 20.4 Å². The van der Waals surface area contributed by atoms with Crippen molar-refractivity contribution in [2.24, 2.45) is 0 Å². The summed E-state index contributed by atoms with van der Waals surface area (Å²) in [5.41, 5.74) is 1.45. The summed E-state index contributed by atoms with van der Waals surface area (Å²) in [4.78, 5) is 29.9. The monoisotopic (exact) mass is 369 g/mol. The van der Waals surface area contributed by atoms with Gasteiger partial charge in [0.1, 0.15) is 5.82 Å². The Morgan fingerprint density at radius 1 is 1.15 bits per heavy atom. The first-order valence-corrected chi connectivity index (χ1v) is 9.27. The zero-order valence-corrected chi connectivity index (χ0v) is 16.1. The van der Waals surface area contributed by atoms with E-state index in [1.807, 2.05) is 26.0 Å². The van der Waals surface area contributed by atoms with Gasteiger partial charge in [-0.2, -0.15) is 0 Å². The van der Waals surface area contributed by atoms with Crippen molar-refractivity contribution in [1.82, 2.24) is 25.2 Å². The summed E-state index contributed by atoms with van der Waals surface area (Å²) in [5, 5.41) is 6.05. The molecule has 2 aromatic rings. The van der Waals surface area contributed by atoms with E-state index in [-0.39, 0.29) is 11.9 Å². The molecule has 0 saturated carbocycles. The lowest BCUT2D eigenvalue weighted by atomic mass is 10.2. The van der Waals surface area contributed by atoms with E-state index in [2.05, 4.69) is 42.4 Å². The lowest BCUT2D eigenvalue weighted by Gasteiger charge is -2.34. The van der Waals surface area contributed by atoms with Crippen molar-refractivity contribution in [3.63, 3.8) is 0 Å². The van der Waals surface area contributed by atoms with E-state index >= 15 is 0 Å². The highest BCUT2D eigenvalue weighted by Crippen LogP contribution is 2.18. The van der Waals surface area contributed by atoms with Crippen LogP contribution in [0.5, 0.6) is 0 Å². The Bertz CT molecular complexity index is 755. The fourth-order valence-electron chi connectivity index (χ4n) is 2.93. The molecule has 3 rings (SSSR count). The van der Waals surface area contributed by atoms with Crippen molar-refractivity contribution >= 4 is 17.7 Å². The maximum absolute atomic E-state index is 12.4. The van der Waals surface area contributed by atoms with Crippen molar-refractivity contribution in [2.45, 2.75) is 26.4 Å². The predicted molar refractivity (Wildman–Crippen MR) is 106 cm³/mol. The number of pyridine rings is 1. The van der Waals surface area contributed by atoms with E-state index in [9.17, 15) is 4.79 Å². The Kier molecular flexibility index (Phi) is 6.18. The van der Waals surface area contributed by atoms with Crippen LogP contribution < -0.4 is 15.5 Å². The standard InChI is InChI=1S/C19H27N7O/c1-14(2)24-19-22-12-16(13-23-19)18(27)21-11-15-5-4-6-20-17(15)26-9-7-25(3)8-10-26/h4-6,12-14H,7-11H2,1-3H3,(H,21,27)(H,22,23,24). The van der Waals surface area contributed by atoms with Crippen molar-refractivity contribution < 1.29 is 4.79 Å². The zero-order valence-electron chi connectivity index (χ0n) is 16.1. The van der Waals surface area contributed by atoms with Crippen LogP contribution in [0.25, 0.3) is 0 Å². The van der Waals surface area contributed by atoms with Crippen LogP contribution in [0.4, 0.5) is 11.8 Å². The number of hydrogen-bond acceptors (Lipinski definition) is 7. The molecule has 2 aromatic heterocycles. The molecule has 2 N–H and O–H groups in total. The molecule has 8 heteroatoms. The van der Waals surface area contributed by atoms with Gasteiger partial charge in [0.2, 0.25) is 5.95 Å². The Morgan fingerprint density at radius 3 is 2.52 bits per heavy atom. The number of nitrogens with zero attached hydrogens (tertiary/aromatic N) is 5. The third-order valence-corrected chi connectivity index (χ3v) is 4.44. The van der Waals surface area contributed by atoms with Gasteiger partial charge in [0.15, 0.2) is 0 Å². The maximum Gasteiger partial charge on any atom is 0.254 e. The number of aromatic nitrogens is 3. The first-order chi connectivity index (χ1) is 13.0. The fraction of sp³-hybridized carbons (Fsp3) is 0.474. The van der Waals surface area contributed by atoms with Gasteiger partial charge in [0, 0.05) is 62.9 Å². The average Bonchev–Trinajstić information content (AvgIpc) is 2.67. The molecule has 0 unspecified atom stereocenters. The molecule has 144 valence electrons. The van der Waals surface area contributed by atoms with E-state index in [4.69, 9.17) is 0 Å². The van der Waals surface area contributed by atoms with E-state index in [1.165, 1.54) is 12.4 Å². The van der Waals surface area contributed by atoms with Gasteiger partial charge in [0.25, 0.3) is 5.91 Å². The summed E-state index contributed by atoms with van der Waals surface area (Å²) < 4.78 is 0. The van der Waals surface area contributed by atoms with E-state index in [0.29, 0.717) is 18.1 Å². The molecule has 0 radical (unpaired) electrons.